The van der Waals surface area contributed by atoms with Crippen molar-refractivity contribution in [2.45, 2.75) is 32.7 Å². The van der Waals surface area contributed by atoms with E-state index in [4.69, 9.17) is 21.4 Å². The maximum Gasteiger partial charge on any atom is 0.303 e. The Morgan fingerprint density at radius 3 is 2.56 bits per heavy atom. The molecule has 2 aromatic rings. The van der Waals surface area contributed by atoms with Crippen molar-refractivity contribution in [1.29, 1.82) is 0 Å². The van der Waals surface area contributed by atoms with Gasteiger partial charge in [0, 0.05) is 23.9 Å². The number of carboxylic acid groups (broad SMARTS) is 1. The number of amides is 1. The third kappa shape index (κ3) is 7.71. The second kappa shape index (κ2) is 10.6. The van der Waals surface area contributed by atoms with Crippen LogP contribution in [0.15, 0.2) is 48.5 Å². The first kappa shape index (κ1) is 20.8. The largest absolute Gasteiger partial charge is 0.494 e. The fourth-order valence-electron chi connectivity index (χ4n) is 2.59. The van der Waals surface area contributed by atoms with Crippen LogP contribution in [0.5, 0.6) is 5.75 Å². The lowest BCUT2D eigenvalue weighted by molar-refractivity contribution is -0.137. The van der Waals surface area contributed by atoms with Crippen molar-refractivity contribution in [3.05, 3.63) is 64.7 Å². The fraction of sp³-hybridized carbons (Fsp3) is 0.333. The third-order valence-electron chi connectivity index (χ3n) is 4.07. The minimum absolute atomic E-state index is 0.0102. The van der Waals surface area contributed by atoms with E-state index < -0.39 is 5.97 Å². The van der Waals surface area contributed by atoms with Crippen molar-refractivity contribution in [3.8, 4) is 5.75 Å². The molecular weight excluding hydrogens is 366 g/mol. The van der Waals surface area contributed by atoms with Crippen LogP contribution in [0.1, 0.15) is 30.9 Å². The normalized spacial score (nSPS) is 11.6. The minimum Gasteiger partial charge on any atom is -0.494 e. The number of aliphatic carboxylic acids is 1. The molecule has 0 aliphatic heterocycles. The van der Waals surface area contributed by atoms with Gasteiger partial charge in [-0.15, -0.1) is 0 Å². The van der Waals surface area contributed by atoms with Crippen LogP contribution in [0.3, 0.4) is 0 Å². The molecule has 0 saturated carbocycles. The van der Waals surface area contributed by atoms with Crippen molar-refractivity contribution in [1.82, 2.24) is 5.32 Å². The second-order valence-electron chi connectivity index (χ2n) is 6.44. The number of carbonyl (C=O) groups excluding carboxylic acids is 1. The third-order valence-corrected chi connectivity index (χ3v) is 4.31. The first-order chi connectivity index (χ1) is 12.9. The molecule has 1 atom stereocenters. The molecule has 0 aliphatic carbocycles. The van der Waals surface area contributed by atoms with Gasteiger partial charge in [0.15, 0.2) is 0 Å². The number of ether oxygens (including phenoxy) is 1. The molecule has 27 heavy (non-hydrogen) atoms. The zero-order chi connectivity index (χ0) is 19.6. The molecule has 0 aromatic heterocycles. The Balaban J connectivity index is 1.75. The molecule has 144 valence electrons. The lowest BCUT2D eigenvalue weighted by Gasteiger charge is -2.13. The van der Waals surface area contributed by atoms with Gasteiger partial charge < -0.3 is 15.2 Å². The van der Waals surface area contributed by atoms with Crippen molar-refractivity contribution in [2.75, 3.05) is 6.61 Å². The maximum atomic E-state index is 12.3. The lowest BCUT2D eigenvalue weighted by atomic mass is 10.0. The molecule has 0 heterocycles. The van der Waals surface area contributed by atoms with Crippen LogP contribution in [0.25, 0.3) is 0 Å². The van der Waals surface area contributed by atoms with Gasteiger partial charge in [0.05, 0.1) is 6.61 Å². The molecule has 0 radical (unpaired) electrons. The number of halogens is 1. The van der Waals surface area contributed by atoms with E-state index in [1.807, 2.05) is 55.5 Å². The maximum absolute atomic E-state index is 12.3. The molecule has 0 bridgehead atoms. The van der Waals surface area contributed by atoms with Crippen molar-refractivity contribution in [3.63, 3.8) is 0 Å². The second-order valence-corrected chi connectivity index (χ2v) is 6.88. The number of hydrogen-bond acceptors (Lipinski definition) is 3. The summed E-state index contributed by atoms with van der Waals surface area (Å²) in [4.78, 5) is 22.7. The summed E-state index contributed by atoms with van der Waals surface area (Å²) < 4.78 is 5.49. The highest BCUT2D eigenvalue weighted by atomic mass is 35.5. The molecule has 2 aromatic carbocycles. The molecule has 0 aliphatic rings. The zero-order valence-corrected chi connectivity index (χ0v) is 16.0. The SMILES string of the molecule is CC(Cc1cccc(Cl)c1)C(=O)NCc1ccc(OCCCC(=O)O)cc1. The van der Waals surface area contributed by atoms with Crippen molar-refractivity contribution in [2.24, 2.45) is 5.92 Å². The predicted octanol–water partition coefficient (Wildman–Crippen LogP) is 4.08. The average Bonchev–Trinajstić information content (AvgIpc) is 2.64. The standard InChI is InChI=1S/C21H24ClNO4/c1-15(12-17-4-2-5-18(22)13-17)21(26)23-14-16-7-9-19(10-8-16)27-11-3-6-20(24)25/h2,4-5,7-10,13,15H,3,6,11-12,14H2,1H3,(H,23,26)(H,24,25). The summed E-state index contributed by atoms with van der Waals surface area (Å²) in [6, 6.07) is 14.9. The summed E-state index contributed by atoms with van der Waals surface area (Å²) in [5, 5.41) is 12.2. The highest BCUT2D eigenvalue weighted by Gasteiger charge is 2.13. The van der Waals surface area contributed by atoms with Gasteiger partial charge in [-0.1, -0.05) is 42.8 Å². The Hall–Kier alpha value is -2.53. The van der Waals surface area contributed by atoms with Gasteiger partial charge in [-0.05, 0) is 48.2 Å². The van der Waals surface area contributed by atoms with E-state index in [0.29, 0.717) is 36.8 Å². The van der Waals surface area contributed by atoms with Gasteiger partial charge in [-0.3, -0.25) is 9.59 Å². The van der Waals surface area contributed by atoms with E-state index >= 15 is 0 Å². The summed E-state index contributed by atoms with van der Waals surface area (Å²) in [5.41, 5.74) is 2.01. The molecule has 2 N–H and O–H groups in total. The summed E-state index contributed by atoms with van der Waals surface area (Å²) in [7, 11) is 0. The zero-order valence-electron chi connectivity index (χ0n) is 15.3. The number of carboxylic acids is 1. The molecule has 5 nitrogen and oxygen atoms in total. The molecule has 1 unspecified atom stereocenters. The van der Waals surface area contributed by atoms with Gasteiger partial charge in [0.25, 0.3) is 0 Å². The number of benzene rings is 2. The Morgan fingerprint density at radius 2 is 1.89 bits per heavy atom. The monoisotopic (exact) mass is 389 g/mol. The Kier molecular flexibility index (Phi) is 8.14. The van der Waals surface area contributed by atoms with E-state index in [-0.39, 0.29) is 18.2 Å². The number of nitrogens with one attached hydrogen (secondary N) is 1. The van der Waals surface area contributed by atoms with Gasteiger partial charge in [-0.2, -0.15) is 0 Å². The van der Waals surface area contributed by atoms with Gasteiger partial charge in [-0.25, -0.2) is 0 Å². The molecule has 2 rings (SSSR count). The molecule has 0 spiro atoms. The predicted molar refractivity (Wildman–Crippen MR) is 105 cm³/mol. The molecule has 1 amide bonds. The Morgan fingerprint density at radius 1 is 1.15 bits per heavy atom. The van der Waals surface area contributed by atoms with E-state index in [2.05, 4.69) is 5.32 Å². The van der Waals surface area contributed by atoms with Crippen LogP contribution < -0.4 is 10.1 Å². The minimum atomic E-state index is -0.825. The molecule has 0 saturated heterocycles. The van der Waals surface area contributed by atoms with Gasteiger partial charge in [0.1, 0.15) is 5.75 Å². The summed E-state index contributed by atoms with van der Waals surface area (Å²) in [5.74, 6) is -0.302. The Bertz CT molecular complexity index is 761. The average molecular weight is 390 g/mol. The molecule has 6 heteroatoms. The summed E-state index contributed by atoms with van der Waals surface area (Å²) >= 11 is 5.98. The van der Waals surface area contributed by atoms with E-state index in [0.717, 1.165) is 11.1 Å². The highest BCUT2D eigenvalue weighted by Crippen LogP contribution is 2.15. The first-order valence-corrected chi connectivity index (χ1v) is 9.27. The smallest absolute Gasteiger partial charge is 0.303 e. The molecule has 0 fully saturated rings. The van der Waals surface area contributed by atoms with Crippen LogP contribution in [-0.2, 0) is 22.6 Å². The number of rotatable bonds is 10. The van der Waals surface area contributed by atoms with Crippen LogP contribution in [0.2, 0.25) is 5.02 Å². The van der Waals surface area contributed by atoms with Crippen molar-refractivity contribution < 1.29 is 19.4 Å². The summed E-state index contributed by atoms with van der Waals surface area (Å²) in [6.45, 7) is 2.70. The topological polar surface area (TPSA) is 75.6 Å². The van der Waals surface area contributed by atoms with Crippen molar-refractivity contribution >= 4 is 23.5 Å². The van der Waals surface area contributed by atoms with Crippen LogP contribution in [0.4, 0.5) is 0 Å². The number of hydrogen-bond donors (Lipinski definition) is 2. The Labute approximate surface area is 164 Å². The van der Waals surface area contributed by atoms with Crippen LogP contribution in [-0.4, -0.2) is 23.6 Å². The van der Waals surface area contributed by atoms with Crippen LogP contribution in [0, 0.1) is 5.92 Å². The van der Waals surface area contributed by atoms with Gasteiger partial charge >= 0.3 is 5.97 Å². The number of carbonyl (C=O) groups is 2. The van der Waals surface area contributed by atoms with Gasteiger partial charge in [0.2, 0.25) is 5.91 Å². The first-order valence-electron chi connectivity index (χ1n) is 8.89. The molecular formula is C21H24ClNO4. The van der Waals surface area contributed by atoms with E-state index in [1.54, 1.807) is 0 Å². The highest BCUT2D eigenvalue weighted by molar-refractivity contribution is 6.30. The van der Waals surface area contributed by atoms with E-state index in [1.165, 1.54) is 0 Å². The summed E-state index contributed by atoms with van der Waals surface area (Å²) in [6.07, 6.45) is 1.20. The fourth-order valence-corrected chi connectivity index (χ4v) is 2.80. The van der Waals surface area contributed by atoms with E-state index in [9.17, 15) is 9.59 Å². The quantitative estimate of drug-likeness (QED) is 0.600. The van der Waals surface area contributed by atoms with Crippen LogP contribution >= 0.6 is 11.6 Å². The lowest BCUT2D eigenvalue weighted by Crippen LogP contribution is -2.29.